The number of benzene rings is 2. The molecule has 1 aliphatic rings. The molecule has 0 fully saturated rings. The Hall–Kier alpha value is -2.29. The zero-order valence-corrected chi connectivity index (χ0v) is 14.1. The summed E-state index contributed by atoms with van der Waals surface area (Å²) in [5, 5.41) is 4.48. The molecule has 2 aromatic carbocycles. The van der Waals surface area contributed by atoms with Crippen molar-refractivity contribution in [2.24, 2.45) is 5.10 Å². The summed E-state index contributed by atoms with van der Waals surface area (Å²) in [5.41, 5.74) is 9.43. The number of aryl methyl sites for hydroxylation is 3. The molecule has 0 unspecified atom stereocenters. The zero-order chi connectivity index (χ0) is 16.2. The van der Waals surface area contributed by atoms with Gasteiger partial charge in [-0.3, -0.25) is 5.43 Å². The van der Waals surface area contributed by atoms with Crippen LogP contribution in [0, 0.1) is 6.92 Å². The molecule has 23 heavy (non-hydrogen) atoms. The number of hydrogen-bond donors (Lipinski definition) is 1. The fourth-order valence-corrected chi connectivity index (χ4v) is 2.90. The maximum Gasteiger partial charge on any atom is 0.181 e. The van der Waals surface area contributed by atoms with Gasteiger partial charge in [-0.15, -0.1) is 0 Å². The average Bonchev–Trinajstić information content (AvgIpc) is 3.02. The normalized spacial score (nSPS) is 15.2. The van der Waals surface area contributed by atoms with Gasteiger partial charge in [-0.05, 0) is 74.9 Å². The van der Waals surface area contributed by atoms with Crippen LogP contribution in [0.5, 0.6) is 5.75 Å². The minimum absolute atomic E-state index is 0.179. The maximum absolute atomic E-state index is 5.81. The first kappa shape index (κ1) is 15.6. The summed E-state index contributed by atoms with van der Waals surface area (Å²) in [6, 6.07) is 14.7. The third kappa shape index (κ3) is 3.92. The Kier molecular flexibility index (Phi) is 4.65. The van der Waals surface area contributed by atoms with E-state index in [4.69, 9.17) is 4.74 Å². The molecule has 0 spiro atoms. The molecule has 0 bridgehead atoms. The number of hydrogen-bond acceptors (Lipinski definition) is 3. The molecule has 120 valence electrons. The van der Waals surface area contributed by atoms with E-state index in [1.165, 1.54) is 41.5 Å². The van der Waals surface area contributed by atoms with E-state index in [0.717, 1.165) is 11.5 Å². The quantitative estimate of drug-likeness (QED) is 0.509. The third-order valence-electron chi connectivity index (χ3n) is 4.26. The largest absolute Gasteiger partial charge is 0.470 e. The van der Waals surface area contributed by atoms with Crippen molar-refractivity contribution in [3.63, 3.8) is 0 Å². The maximum atomic E-state index is 5.81. The summed E-state index contributed by atoms with van der Waals surface area (Å²) in [6.45, 7) is 6.05. The van der Waals surface area contributed by atoms with Gasteiger partial charge in [0.2, 0.25) is 0 Å². The molecule has 0 saturated carbocycles. The van der Waals surface area contributed by atoms with Crippen molar-refractivity contribution in [3.05, 3.63) is 64.7 Å². The summed E-state index contributed by atoms with van der Waals surface area (Å²) >= 11 is 0. The van der Waals surface area contributed by atoms with Crippen LogP contribution in [0.25, 0.3) is 0 Å². The van der Waals surface area contributed by atoms with Crippen LogP contribution in [0.3, 0.4) is 0 Å². The van der Waals surface area contributed by atoms with Gasteiger partial charge in [0.25, 0.3) is 0 Å². The number of rotatable bonds is 5. The lowest BCUT2D eigenvalue weighted by Crippen LogP contribution is -2.28. The third-order valence-corrected chi connectivity index (χ3v) is 4.26. The van der Waals surface area contributed by atoms with Crippen LogP contribution in [0.15, 0.2) is 47.6 Å². The molecule has 0 amide bonds. The topological polar surface area (TPSA) is 33.6 Å². The molecular weight excluding hydrogens is 284 g/mol. The number of hydrazone groups is 1. The van der Waals surface area contributed by atoms with Crippen molar-refractivity contribution < 1.29 is 4.74 Å². The predicted octanol–water partition coefficient (Wildman–Crippen LogP) is 4.22. The van der Waals surface area contributed by atoms with Gasteiger partial charge >= 0.3 is 0 Å². The number of nitrogens with zero attached hydrogens (tertiary/aromatic N) is 1. The second-order valence-electron chi connectivity index (χ2n) is 6.24. The highest BCUT2D eigenvalue weighted by Crippen LogP contribution is 2.23. The fraction of sp³-hybridized carbons (Fsp3) is 0.350. The molecule has 0 radical (unpaired) electrons. The molecular formula is C20H24N2O. The first-order valence-corrected chi connectivity index (χ1v) is 8.27. The van der Waals surface area contributed by atoms with Gasteiger partial charge in [0, 0.05) is 0 Å². The van der Waals surface area contributed by atoms with Crippen LogP contribution >= 0.6 is 0 Å². The summed E-state index contributed by atoms with van der Waals surface area (Å²) in [7, 11) is 0. The number of fused-ring (bicyclic) bond motifs is 1. The van der Waals surface area contributed by atoms with Crippen LogP contribution in [0.1, 0.15) is 42.5 Å². The molecule has 3 rings (SSSR count). The minimum atomic E-state index is -0.179. The van der Waals surface area contributed by atoms with Gasteiger partial charge in [0.05, 0.1) is 5.71 Å². The summed E-state index contributed by atoms with van der Waals surface area (Å²) in [4.78, 5) is 0. The first-order valence-electron chi connectivity index (χ1n) is 8.27. The van der Waals surface area contributed by atoms with Crippen LogP contribution in [-0.2, 0) is 12.8 Å². The van der Waals surface area contributed by atoms with Gasteiger partial charge < -0.3 is 4.74 Å². The van der Waals surface area contributed by atoms with Crippen molar-refractivity contribution in [2.75, 3.05) is 0 Å². The zero-order valence-electron chi connectivity index (χ0n) is 14.1. The van der Waals surface area contributed by atoms with Crippen molar-refractivity contribution in [1.29, 1.82) is 0 Å². The Balaban J connectivity index is 1.61. The summed E-state index contributed by atoms with van der Waals surface area (Å²) in [6.07, 6.45) is 3.50. The second kappa shape index (κ2) is 6.86. The van der Waals surface area contributed by atoms with Crippen molar-refractivity contribution >= 4 is 5.71 Å². The highest BCUT2D eigenvalue weighted by atomic mass is 16.5. The monoisotopic (exact) mass is 308 g/mol. The Bertz CT molecular complexity index is 704. The van der Waals surface area contributed by atoms with E-state index in [9.17, 15) is 0 Å². The Morgan fingerprint density at radius 1 is 1.09 bits per heavy atom. The smallest absolute Gasteiger partial charge is 0.181 e. The lowest BCUT2D eigenvalue weighted by molar-refractivity contribution is 0.185. The highest BCUT2D eigenvalue weighted by molar-refractivity contribution is 5.98. The number of ether oxygens (including phenoxy) is 1. The molecule has 3 heteroatoms. The van der Waals surface area contributed by atoms with Gasteiger partial charge in [-0.2, -0.15) is 5.10 Å². The first-order chi connectivity index (χ1) is 11.1. The average molecular weight is 308 g/mol. The molecule has 0 aromatic heterocycles. The van der Waals surface area contributed by atoms with E-state index < -0.39 is 0 Å². The van der Waals surface area contributed by atoms with Gasteiger partial charge in [0.1, 0.15) is 5.75 Å². The van der Waals surface area contributed by atoms with E-state index in [1.54, 1.807) is 0 Å². The lowest BCUT2D eigenvalue weighted by Gasteiger charge is -2.15. The van der Waals surface area contributed by atoms with Crippen molar-refractivity contribution in [3.8, 4) is 5.75 Å². The predicted molar refractivity (Wildman–Crippen MR) is 95.1 cm³/mol. The standard InChI is InChI=1S/C20H24N2O/c1-14-7-11-20(12-8-14)23-16(3)22-21-15(2)18-10-9-17-5-4-6-19(17)13-18/h7-13,16,22H,4-6H2,1-3H3/b21-15-/t16-/m0/s1. The molecule has 1 aliphatic carbocycles. The van der Waals surface area contributed by atoms with E-state index >= 15 is 0 Å². The molecule has 3 nitrogen and oxygen atoms in total. The van der Waals surface area contributed by atoms with Crippen molar-refractivity contribution in [1.82, 2.24) is 5.43 Å². The summed E-state index contributed by atoms with van der Waals surface area (Å²) < 4.78 is 5.81. The highest BCUT2D eigenvalue weighted by Gasteiger charge is 2.11. The SMILES string of the molecule is C/C(=N/N[C@H](C)Oc1ccc(C)cc1)c1ccc2c(c1)CCC2. The Labute approximate surface area is 138 Å². The Morgan fingerprint density at radius 2 is 1.83 bits per heavy atom. The lowest BCUT2D eigenvalue weighted by atomic mass is 10.0. The van der Waals surface area contributed by atoms with Gasteiger partial charge in [0.15, 0.2) is 6.23 Å². The van der Waals surface area contributed by atoms with E-state index in [-0.39, 0.29) is 6.23 Å². The van der Waals surface area contributed by atoms with E-state index in [2.05, 4.69) is 35.7 Å². The summed E-state index contributed by atoms with van der Waals surface area (Å²) in [5.74, 6) is 0.848. The van der Waals surface area contributed by atoms with Crippen LogP contribution in [0.2, 0.25) is 0 Å². The van der Waals surface area contributed by atoms with E-state index in [0.29, 0.717) is 0 Å². The van der Waals surface area contributed by atoms with Crippen LogP contribution in [0.4, 0.5) is 0 Å². The van der Waals surface area contributed by atoms with Gasteiger partial charge in [-0.1, -0.05) is 29.8 Å². The van der Waals surface area contributed by atoms with E-state index in [1.807, 2.05) is 38.1 Å². The minimum Gasteiger partial charge on any atom is -0.470 e. The molecule has 1 atom stereocenters. The fourth-order valence-electron chi connectivity index (χ4n) is 2.90. The van der Waals surface area contributed by atoms with Crippen molar-refractivity contribution in [2.45, 2.75) is 46.3 Å². The van der Waals surface area contributed by atoms with Crippen LogP contribution in [-0.4, -0.2) is 11.9 Å². The molecule has 2 aromatic rings. The second-order valence-corrected chi connectivity index (χ2v) is 6.24. The molecule has 1 N–H and O–H groups in total. The van der Waals surface area contributed by atoms with Crippen LogP contribution < -0.4 is 10.2 Å². The molecule has 0 saturated heterocycles. The van der Waals surface area contributed by atoms with Gasteiger partial charge in [-0.25, -0.2) is 0 Å². The Morgan fingerprint density at radius 3 is 2.61 bits per heavy atom. The molecule has 0 aliphatic heterocycles. The molecule has 0 heterocycles. The number of nitrogens with one attached hydrogen (secondary N) is 1.